The van der Waals surface area contributed by atoms with Crippen LogP contribution < -0.4 is 4.90 Å². The van der Waals surface area contributed by atoms with E-state index >= 15 is 0 Å². The lowest BCUT2D eigenvalue weighted by Crippen LogP contribution is -2.16. The lowest BCUT2D eigenvalue weighted by molar-refractivity contribution is -0.137. The maximum Gasteiger partial charge on any atom is 0.304 e. The van der Waals surface area contributed by atoms with Gasteiger partial charge in [0.25, 0.3) is 0 Å². The molecule has 18 heavy (non-hydrogen) atoms. The predicted molar refractivity (Wildman–Crippen MR) is 71.5 cm³/mol. The Morgan fingerprint density at radius 1 is 1.39 bits per heavy atom. The molecule has 5 heteroatoms. The summed E-state index contributed by atoms with van der Waals surface area (Å²) < 4.78 is 0. The highest BCUT2D eigenvalue weighted by atomic mass is 32.1. The molecule has 1 N–H and O–H groups in total. The van der Waals surface area contributed by atoms with E-state index < -0.39 is 11.9 Å². The van der Waals surface area contributed by atoms with Crippen molar-refractivity contribution in [3.8, 4) is 0 Å². The van der Waals surface area contributed by atoms with Crippen LogP contribution in [0.1, 0.15) is 35.9 Å². The number of Topliss-reactive ketones (excluding diaryl/α,β-unsaturated/α-hetero) is 1. The van der Waals surface area contributed by atoms with Gasteiger partial charge in [-0.05, 0) is 25.0 Å². The summed E-state index contributed by atoms with van der Waals surface area (Å²) >= 11 is 1.48. The average molecular weight is 267 g/mol. The molecule has 1 aliphatic heterocycles. The van der Waals surface area contributed by atoms with Crippen LogP contribution in [0.4, 0.5) is 5.00 Å². The fraction of sp³-hybridized carbons (Fsp3) is 0.538. The van der Waals surface area contributed by atoms with Crippen LogP contribution in [0, 0.1) is 5.92 Å². The van der Waals surface area contributed by atoms with E-state index in [1.807, 2.05) is 12.1 Å². The normalized spacial score (nSPS) is 16.8. The molecule has 1 atom stereocenters. The fourth-order valence-corrected chi connectivity index (χ4v) is 3.28. The number of anilines is 1. The van der Waals surface area contributed by atoms with Gasteiger partial charge in [-0.2, -0.15) is 0 Å². The molecule has 0 spiro atoms. The van der Waals surface area contributed by atoms with E-state index in [9.17, 15) is 9.59 Å². The molecule has 1 aliphatic rings. The number of carbonyl (C=O) groups is 2. The molecule has 1 aromatic heterocycles. The zero-order valence-corrected chi connectivity index (χ0v) is 11.2. The Morgan fingerprint density at radius 2 is 2.06 bits per heavy atom. The van der Waals surface area contributed by atoms with E-state index in [0.717, 1.165) is 18.1 Å². The molecule has 4 nitrogen and oxygen atoms in total. The third kappa shape index (κ3) is 2.90. The Hall–Kier alpha value is -1.36. The highest BCUT2D eigenvalue weighted by molar-refractivity contribution is 7.18. The molecule has 0 amide bonds. The summed E-state index contributed by atoms with van der Waals surface area (Å²) in [7, 11) is 0. The van der Waals surface area contributed by atoms with Crippen LogP contribution in [-0.2, 0) is 4.79 Å². The Balaban J connectivity index is 2.04. The summed E-state index contributed by atoms with van der Waals surface area (Å²) in [5.41, 5.74) is 0. The van der Waals surface area contributed by atoms with Gasteiger partial charge < -0.3 is 10.0 Å². The molecule has 98 valence electrons. The van der Waals surface area contributed by atoms with E-state index in [-0.39, 0.29) is 12.2 Å². The van der Waals surface area contributed by atoms with Gasteiger partial charge in [-0.15, -0.1) is 11.3 Å². The number of nitrogens with zero attached hydrogens (tertiary/aromatic N) is 1. The summed E-state index contributed by atoms with van der Waals surface area (Å²) in [6.45, 7) is 3.78. The van der Waals surface area contributed by atoms with Gasteiger partial charge in [-0.3, -0.25) is 9.59 Å². The molecule has 0 saturated carbocycles. The van der Waals surface area contributed by atoms with Crippen LogP contribution >= 0.6 is 11.3 Å². The lowest BCUT2D eigenvalue weighted by atomic mass is 10.0. The smallest absolute Gasteiger partial charge is 0.304 e. The van der Waals surface area contributed by atoms with Gasteiger partial charge in [-0.25, -0.2) is 0 Å². The Labute approximate surface area is 110 Å². The first-order valence-electron chi connectivity index (χ1n) is 6.18. The van der Waals surface area contributed by atoms with Gasteiger partial charge in [0.1, 0.15) is 0 Å². The number of hydrogen-bond donors (Lipinski definition) is 1. The summed E-state index contributed by atoms with van der Waals surface area (Å²) in [6, 6.07) is 3.79. The number of hydrogen-bond acceptors (Lipinski definition) is 4. The molecule has 0 aromatic carbocycles. The van der Waals surface area contributed by atoms with Gasteiger partial charge in [0.15, 0.2) is 5.78 Å². The van der Waals surface area contributed by atoms with Gasteiger partial charge in [0.05, 0.1) is 16.3 Å². The predicted octanol–water partition coefficient (Wildman–Crippen LogP) is 2.64. The topological polar surface area (TPSA) is 57.6 Å². The first-order valence-corrected chi connectivity index (χ1v) is 7.00. The second kappa shape index (κ2) is 5.52. The average Bonchev–Trinajstić information content (AvgIpc) is 2.97. The molecule has 2 rings (SSSR count). The van der Waals surface area contributed by atoms with Crippen molar-refractivity contribution in [1.29, 1.82) is 0 Å². The van der Waals surface area contributed by atoms with E-state index in [1.165, 1.54) is 24.2 Å². The summed E-state index contributed by atoms with van der Waals surface area (Å²) in [6.07, 6.45) is 2.31. The van der Waals surface area contributed by atoms with Crippen molar-refractivity contribution in [1.82, 2.24) is 0 Å². The zero-order valence-electron chi connectivity index (χ0n) is 10.4. The molecule has 0 radical (unpaired) electrons. The van der Waals surface area contributed by atoms with Crippen LogP contribution in [0.5, 0.6) is 0 Å². The van der Waals surface area contributed by atoms with Crippen LogP contribution in [0.15, 0.2) is 12.1 Å². The SMILES string of the molecule is CC(CC(=O)O)C(=O)c1ccc(N2CCCC2)s1. The summed E-state index contributed by atoms with van der Waals surface area (Å²) in [5.74, 6) is -1.44. The minimum atomic E-state index is -0.924. The van der Waals surface area contributed by atoms with Crippen LogP contribution in [0.3, 0.4) is 0 Å². The highest BCUT2D eigenvalue weighted by Crippen LogP contribution is 2.30. The second-order valence-corrected chi connectivity index (χ2v) is 5.76. The first-order chi connectivity index (χ1) is 8.58. The van der Waals surface area contributed by atoms with Crippen LogP contribution in [-0.4, -0.2) is 29.9 Å². The summed E-state index contributed by atoms with van der Waals surface area (Å²) in [5, 5.41) is 9.82. The van der Waals surface area contributed by atoms with Crippen molar-refractivity contribution in [3.63, 3.8) is 0 Å². The van der Waals surface area contributed by atoms with Crippen LogP contribution in [0.2, 0.25) is 0 Å². The van der Waals surface area contributed by atoms with Gasteiger partial charge >= 0.3 is 5.97 Å². The Morgan fingerprint density at radius 3 is 2.67 bits per heavy atom. The van der Waals surface area contributed by atoms with E-state index in [0.29, 0.717) is 4.88 Å². The number of ketones is 1. The second-order valence-electron chi connectivity index (χ2n) is 4.70. The molecule has 1 aromatic rings. The van der Waals surface area contributed by atoms with Crippen molar-refractivity contribution in [2.75, 3.05) is 18.0 Å². The van der Waals surface area contributed by atoms with Gasteiger partial charge in [-0.1, -0.05) is 6.92 Å². The largest absolute Gasteiger partial charge is 0.481 e. The van der Waals surface area contributed by atoms with Crippen molar-refractivity contribution in [2.24, 2.45) is 5.92 Å². The maximum atomic E-state index is 12.0. The highest BCUT2D eigenvalue weighted by Gasteiger charge is 2.21. The third-order valence-corrected chi connectivity index (χ3v) is 4.34. The van der Waals surface area contributed by atoms with Gasteiger partial charge in [0.2, 0.25) is 0 Å². The van der Waals surface area contributed by atoms with Crippen molar-refractivity contribution in [3.05, 3.63) is 17.0 Å². The molecule has 1 fully saturated rings. The van der Waals surface area contributed by atoms with Crippen LogP contribution in [0.25, 0.3) is 0 Å². The minimum absolute atomic E-state index is 0.0622. The zero-order chi connectivity index (χ0) is 13.1. The number of carboxylic acid groups (broad SMARTS) is 1. The molecule has 2 heterocycles. The maximum absolute atomic E-state index is 12.0. The van der Waals surface area contributed by atoms with Crippen molar-refractivity contribution >= 4 is 28.1 Å². The molecule has 1 unspecified atom stereocenters. The lowest BCUT2D eigenvalue weighted by Gasteiger charge is -2.14. The van der Waals surface area contributed by atoms with Crippen molar-refractivity contribution < 1.29 is 14.7 Å². The standard InChI is InChI=1S/C13H17NO3S/c1-9(8-12(15)16)13(17)10-4-5-11(18-10)14-6-2-3-7-14/h4-5,9H,2-3,6-8H2,1H3,(H,15,16). The fourth-order valence-electron chi connectivity index (χ4n) is 2.17. The molecule has 0 aliphatic carbocycles. The Bertz CT molecular complexity index is 449. The van der Waals surface area contributed by atoms with E-state index in [4.69, 9.17) is 5.11 Å². The van der Waals surface area contributed by atoms with Crippen molar-refractivity contribution in [2.45, 2.75) is 26.2 Å². The monoisotopic (exact) mass is 267 g/mol. The number of thiophene rings is 1. The number of carbonyl (C=O) groups excluding carboxylic acids is 1. The quantitative estimate of drug-likeness (QED) is 0.833. The van der Waals surface area contributed by atoms with Gasteiger partial charge in [0, 0.05) is 19.0 Å². The molecular weight excluding hydrogens is 250 g/mol. The Kier molecular flexibility index (Phi) is 4.01. The first kappa shape index (κ1) is 13.1. The molecule has 0 bridgehead atoms. The number of carboxylic acids is 1. The minimum Gasteiger partial charge on any atom is -0.481 e. The number of aliphatic carboxylic acids is 1. The van der Waals surface area contributed by atoms with E-state index in [2.05, 4.69) is 4.90 Å². The molecular formula is C13H17NO3S. The summed E-state index contributed by atoms with van der Waals surface area (Å²) in [4.78, 5) is 25.6. The number of rotatable bonds is 5. The molecule has 1 saturated heterocycles. The third-order valence-electron chi connectivity index (χ3n) is 3.18. The van der Waals surface area contributed by atoms with E-state index in [1.54, 1.807) is 6.92 Å².